The second-order valence-electron chi connectivity index (χ2n) is 6.33. The van der Waals surface area contributed by atoms with Crippen LogP contribution in [-0.2, 0) is 9.59 Å². The van der Waals surface area contributed by atoms with Crippen LogP contribution in [0.2, 0.25) is 0 Å². The van der Waals surface area contributed by atoms with Crippen LogP contribution in [0.4, 0.5) is 4.39 Å². The van der Waals surface area contributed by atoms with Gasteiger partial charge in [0.1, 0.15) is 5.82 Å². The fourth-order valence-electron chi connectivity index (χ4n) is 3.71. The molecule has 1 aromatic rings. The molecule has 0 unspecified atom stereocenters. The van der Waals surface area contributed by atoms with Crippen LogP contribution in [0.25, 0.3) is 0 Å². The number of amides is 1. The lowest BCUT2D eigenvalue weighted by Gasteiger charge is -2.20. The summed E-state index contributed by atoms with van der Waals surface area (Å²) in [5.74, 6) is -1.96. The first kappa shape index (κ1) is 15.0. The summed E-state index contributed by atoms with van der Waals surface area (Å²) >= 11 is 0. The van der Waals surface area contributed by atoms with Gasteiger partial charge < -0.3 is 10.0 Å². The zero-order valence-corrected chi connectivity index (χ0v) is 12.4. The fourth-order valence-corrected chi connectivity index (χ4v) is 3.71. The molecule has 1 N–H and O–H groups in total. The molecule has 5 heteroatoms. The van der Waals surface area contributed by atoms with Crippen LogP contribution in [0.5, 0.6) is 0 Å². The molecule has 4 nitrogen and oxygen atoms in total. The summed E-state index contributed by atoms with van der Waals surface area (Å²) in [6, 6.07) is 5.93. The lowest BCUT2D eigenvalue weighted by molar-refractivity contribution is -0.142. The molecular formula is C17H20FNO3. The number of carbonyl (C=O) groups excluding carboxylic acids is 1. The summed E-state index contributed by atoms with van der Waals surface area (Å²) in [6.45, 7) is 0.671. The second kappa shape index (κ2) is 6.07. The average molecular weight is 305 g/mol. The van der Waals surface area contributed by atoms with Crippen molar-refractivity contribution >= 4 is 11.9 Å². The fraction of sp³-hybridized carbons (Fsp3) is 0.529. The quantitative estimate of drug-likeness (QED) is 0.934. The van der Waals surface area contributed by atoms with Crippen LogP contribution in [0.1, 0.15) is 37.2 Å². The van der Waals surface area contributed by atoms with Crippen LogP contribution >= 0.6 is 0 Å². The van der Waals surface area contributed by atoms with E-state index in [1.54, 1.807) is 17.0 Å². The molecule has 22 heavy (non-hydrogen) atoms. The first-order valence-electron chi connectivity index (χ1n) is 7.83. The zero-order valence-electron chi connectivity index (χ0n) is 12.4. The molecule has 1 aliphatic heterocycles. The van der Waals surface area contributed by atoms with Gasteiger partial charge in [0.25, 0.3) is 0 Å². The standard InChI is InChI=1S/C17H20FNO3/c18-13-7-5-11(6-8-13)14-9-19(10-15(14)17(21)22)16(20)12-3-1-2-4-12/h5-8,12,14-15H,1-4,9-10H2,(H,21,22)/t14-,15+/m0/s1. The summed E-state index contributed by atoms with van der Waals surface area (Å²) in [7, 11) is 0. The molecule has 1 saturated heterocycles. The lowest BCUT2D eigenvalue weighted by atomic mass is 9.89. The van der Waals surface area contributed by atoms with Crippen LogP contribution in [0.3, 0.4) is 0 Å². The minimum atomic E-state index is -0.893. The van der Waals surface area contributed by atoms with Gasteiger partial charge >= 0.3 is 5.97 Å². The number of aliphatic carboxylic acids is 1. The Hall–Kier alpha value is -1.91. The Morgan fingerprint density at radius 3 is 2.32 bits per heavy atom. The maximum atomic E-state index is 13.1. The number of nitrogens with zero attached hydrogens (tertiary/aromatic N) is 1. The maximum absolute atomic E-state index is 13.1. The van der Waals surface area contributed by atoms with Crippen molar-refractivity contribution in [2.24, 2.45) is 11.8 Å². The van der Waals surface area contributed by atoms with E-state index in [1.165, 1.54) is 12.1 Å². The number of hydrogen-bond acceptors (Lipinski definition) is 2. The van der Waals surface area contributed by atoms with Crippen molar-refractivity contribution in [1.29, 1.82) is 0 Å². The molecule has 1 heterocycles. The van der Waals surface area contributed by atoms with Gasteiger partial charge in [-0.1, -0.05) is 25.0 Å². The van der Waals surface area contributed by atoms with Crippen LogP contribution in [-0.4, -0.2) is 35.0 Å². The molecule has 1 aliphatic carbocycles. The van der Waals surface area contributed by atoms with E-state index in [0.717, 1.165) is 31.2 Å². The Morgan fingerprint density at radius 2 is 1.73 bits per heavy atom. The van der Waals surface area contributed by atoms with Crippen molar-refractivity contribution in [3.63, 3.8) is 0 Å². The molecule has 0 spiro atoms. The smallest absolute Gasteiger partial charge is 0.308 e. The second-order valence-corrected chi connectivity index (χ2v) is 6.33. The van der Waals surface area contributed by atoms with E-state index < -0.39 is 11.9 Å². The van der Waals surface area contributed by atoms with Crippen LogP contribution in [0, 0.1) is 17.7 Å². The number of benzene rings is 1. The third kappa shape index (κ3) is 2.85. The van der Waals surface area contributed by atoms with Crippen molar-refractivity contribution in [2.75, 3.05) is 13.1 Å². The van der Waals surface area contributed by atoms with E-state index in [-0.39, 0.29) is 30.1 Å². The Labute approximate surface area is 128 Å². The number of carboxylic acid groups (broad SMARTS) is 1. The van der Waals surface area contributed by atoms with Gasteiger partial charge in [-0.3, -0.25) is 9.59 Å². The first-order valence-corrected chi connectivity index (χ1v) is 7.83. The van der Waals surface area contributed by atoms with Gasteiger partial charge in [0.05, 0.1) is 5.92 Å². The molecule has 3 rings (SSSR count). The van der Waals surface area contributed by atoms with Gasteiger partial charge in [-0.15, -0.1) is 0 Å². The van der Waals surface area contributed by atoms with Gasteiger partial charge in [0.2, 0.25) is 5.91 Å². The highest BCUT2D eigenvalue weighted by molar-refractivity contribution is 5.81. The average Bonchev–Trinajstić information content (AvgIpc) is 3.17. The Morgan fingerprint density at radius 1 is 1.09 bits per heavy atom. The number of hydrogen-bond donors (Lipinski definition) is 1. The number of likely N-dealkylation sites (tertiary alicyclic amines) is 1. The highest BCUT2D eigenvalue weighted by Crippen LogP contribution is 2.35. The van der Waals surface area contributed by atoms with Crippen LogP contribution in [0.15, 0.2) is 24.3 Å². The van der Waals surface area contributed by atoms with Gasteiger partial charge in [0, 0.05) is 24.9 Å². The number of halogens is 1. The monoisotopic (exact) mass is 305 g/mol. The highest BCUT2D eigenvalue weighted by Gasteiger charge is 2.42. The van der Waals surface area contributed by atoms with Crippen molar-refractivity contribution in [3.8, 4) is 0 Å². The molecule has 1 aromatic carbocycles. The molecular weight excluding hydrogens is 285 g/mol. The van der Waals surface area contributed by atoms with E-state index in [4.69, 9.17) is 0 Å². The largest absolute Gasteiger partial charge is 0.481 e. The van der Waals surface area contributed by atoms with Crippen molar-refractivity contribution in [1.82, 2.24) is 4.90 Å². The van der Waals surface area contributed by atoms with E-state index >= 15 is 0 Å². The molecule has 0 aromatic heterocycles. The molecule has 0 bridgehead atoms. The first-order chi connectivity index (χ1) is 10.6. The molecule has 1 amide bonds. The number of rotatable bonds is 3. The Kier molecular flexibility index (Phi) is 4.14. The van der Waals surface area contributed by atoms with E-state index in [1.807, 2.05) is 0 Å². The van der Waals surface area contributed by atoms with E-state index in [0.29, 0.717) is 6.54 Å². The Balaban J connectivity index is 1.78. The highest BCUT2D eigenvalue weighted by atomic mass is 19.1. The molecule has 2 aliphatic rings. The zero-order chi connectivity index (χ0) is 15.7. The minimum absolute atomic E-state index is 0.0569. The van der Waals surface area contributed by atoms with E-state index in [9.17, 15) is 19.1 Å². The molecule has 118 valence electrons. The number of carbonyl (C=O) groups is 2. The van der Waals surface area contributed by atoms with Gasteiger partial charge in [-0.05, 0) is 30.5 Å². The maximum Gasteiger partial charge on any atom is 0.308 e. The lowest BCUT2D eigenvalue weighted by Crippen LogP contribution is -2.34. The summed E-state index contributed by atoms with van der Waals surface area (Å²) < 4.78 is 13.1. The summed E-state index contributed by atoms with van der Waals surface area (Å²) in [5.41, 5.74) is 0.788. The normalized spacial score (nSPS) is 25.6. The van der Waals surface area contributed by atoms with Crippen LogP contribution < -0.4 is 0 Å². The third-order valence-electron chi connectivity index (χ3n) is 4.95. The SMILES string of the molecule is O=C(O)[C@@H]1CN(C(=O)C2CCCC2)C[C@H]1c1ccc(F)cc1. The summed E-state index contributed by atoms with van der Waals surface area (Å²) in [5, 5.41) is 9.45. The van der Waals surface area contributed by atoms with Crippen molar-refractivity contribution in [3.05, 3.63) is 35.6 Å². The van der Waals surface area contributed by atoms with Crippen molar-refractivity contribution in [2.45, 2.75) is 31.6 Å². The molecule has 0 radical (unpaired) electrons. The van der Waals surface area contributed by atoms with Crippen molar-refractivity contribution < 1.29 is 19.1 Å². The minimum Gasteiger partial charge on any atom is -0.481 e. The predicted octanol–water partition coefficient (Wildman–Crippen LogP) is 2.64. The molecule has 2 atom stereocenters. The van der Waals surface area contributed by atoms with Gasteiger partial charge in [-0.2, -0.15) is 0 Å². The predicted molar refractivity (Wildman–Crippen MR) is 78.8 cm³/mol. The summed E-state index contributed by atoms with van der Waals surface area (Å²) in [6.07, 6.45) is 3.98. The number of carboxylic acids is 1. The third-order valence-corrected chi connectivity index (χ3v) is 4.95. The molecule has 1 saturated carbocycles. The molecule has 2 fully saturated rings. The Bertz CT molecular complexity index is 566. The topological polar surface area (TPSA) is 57.6 Å². The van der Waals surface area contributed by atoms with Gasteiger partial charge in [0.15, 0.2) is 0 Å². The van der Waals surface area contributed by atoms with Gasteiger partial charge in [-0.25, -0.2) is 4.39 Å². The summed E-state index contributed by atoms with van der Waals surface area (Å²) in [4.78, 5) is 25.7. The van der Waals surface area contributed by atoms with E-state index in [2.05, 4.69) is 0 Å².